The molecule has 0 fully saturated rings. The number of phenolic OH excluding ortho intramolecular Hbond substituents is 1. The first kappa shape index (κ1) is 20.4. The maximum absolute atomic E-state index is 12.0. The molecule has 0 aliphatic rings. The zero-order valence-electron chi connectivity index (χ0n) is 16.7. The predicted octanol–water partition coefficient (Wildman–Crippen LogP) is 4.65. The summed E-state index contributed by atoms with van der Waals surface area (Å²) >= 11 is 0. The summed E-state index contributed by atoms with van der Waals surface area (Å²) in [5.41, 5.74) is 2.54. The predicted molar refractivity (Wildman–Crippen MR) is 113 cm³/mol. The lowest BCUT2D eigenvalue weighted by Gasteiger charge is -2.17. The highest BCUT2D eigenvalue weighted by molar-refractivity contribution is 6.20. The number of carbonyl (C=O) groups is 1. The lowest BCUT2D eigenvalue weighted by atomic mass is 9.91. The average Bonchev–Trinajstić information content (AvgIpc) is 2.73. The van der Waals surface area contributed by atoms with E-state index in [-0.39, 0.29) is 23.2 Å². The fourth-order valence-corrected chi connectivity index (χ4v) is 3.43. The van der Waals surface area contributed by atoms with Crippen molar-refractivity contribution < 1.29 is 24.5 Å². The van der Waals surface area contributed by atoms with Gasteiger partial charge in [-0.2, -0.15) is 0 Å². The van der Waals surface area contributed by atoms with Crippen molar-refractivity contribution in [2.24, 2.45) is 0 Å². The summed E-state index contributed by atoms with van der Waals surface area (Å²) in [6.07, 6.45) is 1.76. The van der Waals surface area contributed by atoms with E-state index < -0.39 is 5.97 Å². The average molecular weight is 392 g/mol. The van der Waals surface area contributed by atoms with Crippen LogP contribution in [0, 0.1) is 0 Å². The van der Waals surface area contributed by atoms with Gasteiger partial charge in [-0.3, -0.25) is 0 Å². The summed E-state index contributed by atoms with van der Waals surface area (Å²) in [5, 5.41) is 21.9. The molecule has 2 N–H and O–H groups in total. The van der Waals surface area contributed by atoms with Crippen molar-refractivity contribution >= 4 is 22.3 Å². The number of phenols is 1. The number of aliphatic carboxylic acids is 1. The molecule has 3 aromatic rings. The van der Waals surface area contributed by atoms with Crippen LogP contribution in [0.25, 0.3) is 16.3 Å². The first-order chi connectivity index (χ1) is 14.0. The van der Waals surface area contributed by atoms with E-state index >= 15 is 0 Å². The van der Waals surface area contributed by atoms with Crippen molar-refractivity contribution in [3.63, 3.8) is 0 Å². The molecule has 150 valence electrons. The molecule has 5 heteroatoms. The Bertz CT molecular complexity index is 1050. The van der Waals surface area contributed by atoms with Gasteiger partial charge in [0.25, 0.3) is 0 Å². The van der Waals surface area contributed by atoms with Gasteiger partial charge >= 0.3 is 5.97 Å². The number of carboxylic acids is 1. The Morgan fingerprint density at radius 3 is 2.45 bits per heavy atom. The largest absolute Gasteiger partial charge is 0.504 e. The number of rotatable bonds is 7. The van der Waals surface area contributed by atoms with E-state index in [9.17, 15) is 15.0 Å². The van der Waals surface area contributed by atoms with Crippen molar-refractivity contribution in [3.05, 3.63) is 77.4 Å². The molecule has 1 atom stereocenters. The molecular formula is C24H24O5. The Balaban J connectivity index is 2.29. The summed E-state index contributed by atoms with van der Waals surface area (Å²) in [6, 6.07) is 17.1. The number of methoxy groups -OCH3 is 2. The summed E-state index contributed by atoms with van der Waals surface area (Å²) < 4.78 is 10.6. The lowest BCUT2D eigenvalue weighted by molar-refractivity contribution is -0.130. The molecule has 29 heavy (non-hydrogen) atoms. The minimum Gasteiger partial charge on any atom is -0.504 e. The van der Waals surface area contributed by atoms with Crippen molar-refractivity contribution in [2.45, 2.75) is 19.4 Å². The van der Waals surface area contributed by atoms with E-state index in [1.807, 2.05) is 48.5 Å². The Hall–Kier alpha value is -3.31. The van der Waals surface area contributed by atoms with Crippen LogP contribution >= 0.6 is 0 Å². The third kappa shape index (κ3) is 4.25. The molecule has 3 aromatic carbocycles. The molecular weight excluding hydrogens is 368 g/mol. The molecule has 0 saturated heterocycles. The minimum absolute atomic E-state index is 0.00214. The van der Waals surface area contributed by atoms with Crippen LogP contribution in [0.2, 0.25) is 0 Å². The Labute approximate surface area is 169 Å². The summed E-state index contributed by atoms with van der Waals surface area (Å²) in [4.78, 5) is 12.0. The van der Waals surface area contributed by atoms with Crippen LogP contribution in [0.1, 0.15) is 23.6 Å². The van der Waals surface area contributed by atoms with Crippen LogP contribution < -0.4 is 4.74 Å². The van der Waals surface area contributed by atoms with E-state index in [4.69, 9.17) is 9.47 Å². The van der Waals surface area contributed by atoms with Crippen molar-refractivity contribution in [1.29, 1.82) is 0 Å². The number of hydrogen-bond donors (Lipinski definition) is 2. The standard InChI is InChI=1S/C24H24O5/c1-15(28-2)12-20(24(26)27)19-14-21(29-3)23(25)22-17(10-7-11-18(19)22)13-16-8-5-4-6-9-16/h4-12,14-15,25H,13H2,1-3H3,(H,26,27)/b20-12-. The number of fused-ring (bicyclic) bond motifs is 1. The topological polar surface area (TPSA) is 76.0 Å². The van der Waals surface area contributed by atoms with E-state index in [0.29, 0.717) is 22.8 Å². The molecule has 0 saturated carbocycles. The molecule has 0 amide bonds. The summed E-state index contributed by atoms with van der Waals surface area (Å²) in [5.74, 6) is -0.844. The molecule has 0 heterocycles. The summed E-state index contributed by atoms with van der Waals surface area (Å²) in [7, 11) is 2.97. The second-order valence-electron chi connectivity index (χ2n) is 6.80. The van der Waals surface area contributed by atoms with Crippen LogP contribution in [0.5, 0.6) is 11.5 Å². The van der Waals surface area contributed by atoms with Gasteiger partial charge in [0.2, 0.25) is 0 Å². The molecule has 1 unspecified atom stereocenters. The van der Waals surface area contributed by atoms with Gasteiger partial charge in [-0.25, -0.2) is 4.79 Å². The normalized spacial score (nSPS) is 12.7. The van der Waals surface area contributed by atoms with Gasteiger partial charge < -0.3 is 19.7 Å². The fraction of sp³-hybridized carbons (Fsp3) is 0.208. The minimum atomic E-state index is -1.07. The lowest BCUT2D eigenvalue weighted by Crippen LogP contribution is -2.08. The van der Waals surface area contributed by atoms with Crippen molar-refractivity contribution in [3.8, 4) is 11.5 Å². The first-order valence-electron chi connectivity index (χ1n) is 9.30. The third-order valence-electron chi connectivity index (χ3n) is 4.94. The van der Waals surface area contributed by atoms with Crippen molar-refractivity contribution in [1.82, 2.24) is 0 Å². The van der Waals surface area contributed by atoms with E-state index in [1.165, 1.54) is 14.2 Å². The second kappa shape index (κ2) is 8.80. The highest BCUT2D eigenvalue weighted by atomic mass is 16.5. The van der Waals surface area contributed by atoms with E-state index in [2.05, 4.69) is 0 Å². The number of ether oxygens (including phenoxy) is 2. The zero-order valence-corrected chi connectivity index (χ0v) is 16.7. The molecule has 0 aromatic heterocycles. The van der Waals surface area contributed by atoms with Crippen LogP contribution in [0.15, 0.2) is 60.7 Å². The first-order valence-corrected chi connectivity index (χ1v) is 9.30. The maximum Gasteiger partial charge on any atom is 0.336 e. The molecule has 5 nitrogen and oxygen atoms in total. The molecule has 0 bridgehead atoms. The zero-order chi connectivity index (χ0) is 21.0. The fourth-order valence-electron chi connectivity index (χ4n) is 3.43. The van der Waals surface area contributed by atoms with Gasteiger partial charge in [0.05, 0.1) is 18.8 Å². The number of benzene rings is 3. The number of aromatic hydroxyl groups is 1. The summed E-state index contributed by atoms with van der Waals surface area (Å²) in [6.45, 7) is 1.77. The molecule has 0 spiro atoms. The Morgan fingerprint density at radius 2 is 1.83 bits per heavy atom. The van der Waals surface area contributed by atoms with Gasteiger partial charge in [-0.05, 0) is 42.0 Å². The quantitative estimate of drug-likeness (QED) is 0.573. The molecule has 3 rings (SSSR count). The van der Waals surface area contributed by atoms with Crippen LogP contribution in [0.4, 0.5) is 0 Å². The smallest absolute Gasteiger partial charge is 0.336 e. The SMILES string of the molecule is COc1cc(/C(=C/C(C)OC)C(=O)O)c2cccc(Cc3ccccc3)c2c1O. The molecule has 0 radical (unpaired) electrons. The van der Waals surface area contributed by atoms with Gasteiger partial charge in [0.1, 0.15) is 0 Å². The highest BCUT2D eigenvalue weighted by Gasteiger charge is 2.21. The van der Waals surface area contributed by atoms with Gasteiger partial charge in [-0.1, -0.05) is 48.5 Å². The van der Waals surface area contributed by atoms with Gasteiger partial charge in [-0.15, -0.1) is 0 Å². The monoisotopic (exact) mass is 392 g/mol. The van der Waals surface area contributed by atoms with Crippen LogP contribution in [0.3, 0.4) is 0 Å². The van der Waals surface area contributed by atoms with Crippen LogP contribution in [-0.2, 0) is 16.0 Å². The number of hydrogen-bond acceptors (Lipinski definition) is 4. The van der Waals surface area contributed by atoms with Gasteiger partial charge in [0.15, 0.2) is 11.5 Å². The highest BCUT2D eigenvalue weighted by Crippen LogP contribution is 2.41. The van der Waals surface area contributed by atoms with Crippen LogP contribution in [-0.4, -0.2) is 36.5 Å². The molecule has 0 aliphatic carbocycles. The van der Waals surface area contributed by atoms with E-state index in [0.717, 1.165) is 11.1 Å². The van der Waals surface area contributed by atoms with Gasteiger partial charge in [0, 0.05) is 18.1 Å². The Kier molecular flexibility index (Phi) is 6.20. The van der Waals surface area contributed by atoms with Crippen molar-refractivity contribution in [2.75, 3.05) is 14.2 Å². The third-order valence-corrected chi connectivity index (χ3v) is 4.94. The van der Waals surface area contributed by atoms with E-state index in [1.54, 1.807) is 19.1 Å². The maximum atomic E-state index is 12.0. The molecule has 0 aliphatic heterocycles. The number of carboxylic acid groups (broad SMARTS) is 1. The second-order valence-corrected chi connectivity index (χ2v) is 6.80. The Morgan fingerprint density at radius 1 is 1.10 bits per heavy atom.